The van der Waals surface area contributed by atoms with Gasteiger partial charge in [0, 0.05) is 44.0 Å². The molecule has 7 heteroatoms. The number of hydrogen-bond donors (Lipinski definition) is 0. The Morgan fingerprint density at radius 3 is 2.61 bits per heavy atom. The van der Waals surface area contributed by atoms with Crippen LogP contribution in [0.1, 0.15) is 23.9 Å². The van der Waals surface area contributed by atoms with Gasteiger partial charge in [0.15, 0.2) is 0 Å². The predicted molar refractivity (Wildman–Crippen MR) is 112 cm³/mol. The highest BCUT2D eigenvalue weighted by atomic mass is 35.5. The van der Waals surface area contributed by atoms with Gasteiger partial charge in [-0.25, -0.2) is 9.97 Å². The van der Waals surface area contributed by atoms with Gasteiger partial charge in [-0.1, -0.05) is 36.7 Å². The van der Waals surface area contributed by atoms with Crippen LogP contribution < -0.4 is 9.80 Å². The lowest BCUT2D eigenvalue weighted by Crippen LogP contribution is -2.50. The first-order valence-corrected chi connectivity index (χ1v) is 10.3. The molecule has 4 rings (SSSR count). The van der Waals surface area contributed by atoms with E-state index in [0.717, 1.165) is 62.6 Å². The van der Waals surface area contributed by atoms with E-state index in [-0.39, 0.29) is 5.91 Å². The number of fused-ring (bicyclic) bond motifs is 1. The van der Waals surface area contributed by atoms with E-state index in [9.17, 15) is 4.79 Å². The number of aryl methyl sites for hydroxylation is 1. The summed E-state index contributed by atoms with van der Waals surface area (Å²) in [5, 5.41) is 0.551. The largest absolute Gasteiger partial charge is 0.354 e. The summed E-state index contributed by atoms with van der Waals surface area (Å²) in [6.45, 7) is 8.55. The summed E-state index contributed by atoms with van der Waals surface area (Å²) in [6, 6.07) is 8.20. The fourth-order valence-corrected chi connectivity index (χ4v) is 4.45. The highest BCUT2D eigenvalue weighted by Gasteiger charge is 2.28. The maximum atomic E-state index is 12.9. The number of para-hydroxylation sites is 1. The molecule has 2 aliphatic heterocycles. The molecule has 1 fully saturated rings. The van der Waals surface area contributed by atoms with Crippen molar-refractivity contribution >= 4 is 29.0 Å². The van der Waals surface area contributed by atoms with E-state index in [4.69, 9.17) is 11.6 Å². The van der Waals surface area contributed by atoms with Crippen molar-refractivity contribution < 1.29 is 4.79 Å². The van der Waals surface area contributed by atoms with Crippen LogP contribution in [0.25, 0.3) is 0 Å². The van der Waals surface area contributed by atoms with E-state index < -0.39 is 0 Å². The van der Waals surface area contributed by atoms with Crippen LogP contribution in [-0.4, -0.2) is 60.0 Å². The number of halogens is 1. The van der Waals surface area contributed by atoms with Crippen molar-refractivity contribution in [3.8, 4) is 0 Å². The summed E-state index contributed by atoms with van der Waals surface area (Å²) in [7, 11) is 0. The fraction of sp³-hybridized carbons (Fsp3) is 0.476. The minimum atomic E-state index is 0.188. The average molecular weight is 400 g/mol. The monoisotopic (exact) mass is 399 g/mol. The molecule has 0 spiro atoms. The Morgan fingerprint density at radius 1 is 1.11 bits per heavy atom. The summed E-state index contributed by atoms with van der Waals surface area (Å²) >= 11 is 6.33. The Balaban J connectivity index is 1.38. The first kappa shape index (κ1) is 19.2. The number of anilines is 2. The number of carbonyl (C=O) groups is 1. The zero-order valence-corrected chi connectivity index (χ0v) is 17.2. The normalized spacial score (nSPS) is 17.1. The predicted octanol–water partition coefficient (Wildman–Crippen LogP) is 2.71. The van der Waals surface area contributed by atoms with Crippen LogP contribution in [0.4, 0.5) is 11.5 Å². The smallest absolute Gasteiger partial charge is 0.241 e. The molecular weight excluding hydrogens is 374 g/mol. The number of benzene rings is 1. The molecule has 28 heavy (non-hydrogen) atoms. The molecule has 0 saturated carbocycles. The Morgan fingerprint density at radius 2 is 1.86 bits per heavy atom. The second-order valence-corrected chi connectivity index (χ2v) is 7.76. The molecular formula is C21H26ClN5O. The quantitative estimate of drug-likeness (QED) is 0.740. The van der Waals surface area contributed by atoms with Crippen LogP contribution in [0.15, 0.2) is 24.3 Å². The van der Waals surface area contributed by atoms with Gasteiger partial charge in [0.1, 0.15) is 16.8 Å². The fourth-order valence-electron chi connectivity index (χ4n) is 4.10. The van der Waals surface area contributed by atoms with E-state index in [1.54, 1.807) is 0 Å². The van der Waals surface area contributed by atoms with Crippen molar-refractivity contribution in [1.82, 2.24) is 14.9 Å². The van der Waals surface area contributed by atoms with Crippen molar-refractivity contribution in [3.63, 3.8) is 0 Å². The Bertz CT molecular complexity index is 879. The molecule has 1 saturated heterocycles. The van der Waals surface area contributed by atoms with Gasteiger partial charge in [0.25, 0.3) is 0 Å². The van der Waals surface area contributed by atoms with Crippen molar-refractivity contribution in [2.45, 2.75) is 26.7 Å². The standard InChI is InChI=1S/C21H26ClN5O/c1-3-17-20(22)23-15(2)24-21(17)26-12-10-25(11-13-26)14-19(28)27-9-8-16-6-4-5-7-18(16)27/h4-7H,3,8-14H2,1-2H3. The molecule has 0 radical (unpaired) electrons. The van der Waals surface area contributed by atoms with E-state index in [1.807, 2.05) is 30.0 Å². The molecule has 0 bridgehead atoms. The maximum Gasteiger partial charge on any atom is 0.241 e. The molecule has 0 atom stereocenters. The van der Waals surface area contributed by atoms with Crippen molar-refractivity contribution in [2.24, 2.45) is 0 Å². The van der Waals surface area contributed by atoms with Gasteiger partial charge in [-0.05, 0) is 31.4 Å². The second-order valence-electron chi connectivity index (χ2n) is 7.40. The number of amides is 1. The number of nitrogens with zero attached hydrogens (tertiary/aromatic N) is 5. The van der Waals surface area contributed by atoms with Gasteiger partial charge >= 0.3 is 0 Å². The third-order valence-electron chi connectivity index (χ3n) is 5.62. The van der Waals surface area contributed by atoms with Gasteiger partial charge < -0.3 is 9.80 Å². The van der Waals surface area contributed by atoms with Crippen LogP contribution >= 0.6 is 11.6 Å². The molecule has 1 aromatic carbocycles. The number of hydrogen-bond acceptors (Lipinski definition) is 5. The second kappa shape index (κ2) is 8.05. The lowest BCUT2D eigenvalue weighted by Gasteiger charge is -2.36. The molecule has 3 heterocycles. The zero-order valence-electron chi connectivity index (χ0n) is 16.5. The van der Waals surface area contributed by atoms with Crippen molar-refractivity contribution in [2.75, 3.05) is 49.1 Å². The third kappa shape index (κ3) is 3.71. The summed E-state index contributed by atoms with van der Waals surface area (Å²) in [4.78, 5) is 28.2. The Kier molecular flexibility index (Phi) is 5.51. The molecule has 0 N–H and O–H groups in total. The lowest BCUT2D eigenvalue weighted by atomic mass is 10.2. The summed E-state index contributed by atoms with van der Waals surface area (Å²) in [5.74, 6) is 1.83. The number of piperazine rings is 1. The highest BCUT2D eigenvalue weighted by Crippen LogP contribution is 2.28. The molecule has 2 aliphatic rings. The first-order chi connectivity index (χ1) is 13.6. The van der Waals surface area contributed by atoms with Crippen LogP contribution in [0.5, 0.6) is 0 Å². The van der Waals surface area contributed by atoms with E-state index >= 15 is 0 Å². The number of rotatable bonds is 4. The molecule has 0 unspecified atom stereocenters. The number of aromatic nitrogens is 2. The van der Waals surface area contributed by atoms with Gasteiger partial charge in [-0.2, -0.15) is 0 Å². The van der Waals surface area contributed by atoms with Crippen LogP contribution in [0.3, 0.4) is 0 Å². The Labute approximate surface area is 171 Å². The molecule has 148 valence electrons. The van der Waals surface area contributed by atoms with E-state index in [0.29, 0.717) is 17.5 Å². The maximum absolute atomic E-state index is 12.9. The van der Waals surface area contributed by atoms with E-state index in [1.165, 1.54) is 5.56 Å². The van der Waals surface area contributed by atoms with Gasteiger partial charge in [0.05, 0.1) is 6.54 Å². The van der Waals surface area contributed by atoms with Crippen LogP contribution in [0.2, 0.25) is 5.15 Å². The molecule has 2 aromatic rings. The van der Waals surface area contributed by atoms with Gasteiger partial charge in [0.2, 0.25) is 5.91 Å². The summed E-state index contributed by atoms with van der Waals surface area (Å²) in [6.07, 6.45) is 1.75. The van der Waals surface area contributed by atoms with Gasteiger partial charge in [-0.3, -0.25) is 9.69 Å². The topological polar surface area (TPSA) is 52.6 Å². The van der Waals surface area contributed by atoms with Crippen LogP contribution in [-0.2, 0) is 17.6 Å². The van der Waals surface area contributed by atoms with Crippen molar-refractivity contribution in [1.29, 1.82) is 0 Å². The van der Waals surface area contributed by atoms with E-state index in [2.05, 4.69) is 32.8 Å². The van der Waals surface area contributed by atoms with Crippen LogP contribution in [0, 0.1) is 6.92 Å². The summed E-state index contributed by atoms with van der Waals surface area (Å²) < 4.78 is 0. The highest BCUT2D eigenvalue weighted by molar-refractivity contribution is 6.30. The van der Waals surface area contributed by atoms with Crippen molar-refractivity contribution in [3.05, 3.63) is 46.4 Å². The third-order valence-corrected chi connectivity index (χ3v) is 5.93. The molecule has 1 aromatic heterocycles. The zero-order chi connectivity index (χ0) is 19.7. The first-order valence-electron chi connectivity index (χ1n) is 9.95. The minimum absolute atomic E-state index is 0.188. The molecule has 6 nitrogen and oxygen atoms in total. The summed E-state index contributed by atoms with van der Waals surface area (Å²) in [5.41, 5.74) is 3.35. The number of carbonyl (C=O) groups excluding carboxylic acids is 1. The average Bonchev–Trinajstić information content (AvgIpc) is 3.12. The lowest BCUT2D eigenvalue weighted by molar-refractivity contribution is -0.119. The molecule has 1 amide bonds. The Hall–Kier alpha value is -2.18. The van der Waals surface area contributed by atoms with Gasteiger partial charge in [-0.15, -0.1) is 0 Å². The SMILES string of the molecule is CCc1c(Cl)nc(C)nc1N1CCN(CC(=O)N2CCc3ccccc32)CC1. The minimum Gasteiger partial charge on any atom is -0.354 e. The molecule has 0 aliphatic carbocycles.